The predicted molar refractivity (Wildman–Crippen MR) is 46.2 cm³/mol. The van der Waals surface area contributed by atoms with Crippen LogP contribution in [0.15, 0.2) is 0 Å². The van der Waals surface area contributed by atoms with Crippen molar-refractivity contribution in [2.75, 3.05) is 0 Å². The highest BCUT2D eigenvalue weighted by Crippen LogP contribution is 2.96. The third-order valence-corrected chi connectivity index (χ3v) is 6.37. The highest BCUT2D eigenvalue weighted by molar-refractivity contribution is 5.38. The first-order valence-corrected chi connectivity index (χ1v) is 4.98. The lowest BCUT2D eigenvalue weighted by Gasteiger charge is -2.56. The molecular weight excluding hydrogens is 132 g/mol. The van der Waals surface area contributed by atoms with Gasteiger partial charge >= 0.3 is 0 Å². The van der Waals surface area contributed by atoms with Crippen molar-refractivity contribution in [2.45, 2.75) is 40.5 Å². The molecule has 0 heterocycles. The first-order valence-electron chi connectivity index (χ1n) is 4.98. The Kier molecular flexibility index (Phi) is 0.709. The lowest BCUT2D eigenvalue weighted by Crippen LogP contribution is -2.50. The zero-order valence-electron chi connectivity index (χ0n) is 8.07. The molecule has 0 radical (unpaired) electrons. The second-order valence-corrected chi connectivity index (χ2v) is 5.82. The van der Waals surface area contributed by atoms with Crippen LogP contribution in [0.25, 0.3) is 0 Å². The van der Waals surface area contributed by atoms with E-state index in [9.17, 15) is 0 Å². The summed E-state index contributed by atoms with van der Waals surface area (Å²) in [6.45, 7) is 10.00. The van der Waals surface area contributed by atoms with Gasteiger partial charge in [-0.05, 0) is 40.9 Å². The highest BCUT2D eigenvalue weighted by atomic mass is 15.0. The Bertz CT molecular complexity index is 216. The zero-order valence-corrected chi connectivity index (χ0v) is 8.07. The van der Waals surface area contributed by atoms with Gasteiger partial charge in [-0.15, -0.1) is 0 Å². The van der Waals surface area contributed by atoms with Gasteiger partial charge in [0.1, 0.15) is 0 Å². The van der Waals surface area contributed by atoms with Gasteiger partial charge in [-0.3, -0.25) is 0 Å². The van der Waals surface area contributed by atoms with E-state index in [4.69, 9.17) is 0 Å². The van der Waals surface area contributed by atoms with Gasteiger partial charge in [0.05, 0.1) is 0 Å². The van der Waals surface area contributed by atoms with Crippen molar-refractivity contribution in [3.63, 3.8) is 0 Å². The molecule has 0 aromatic heterocycles. The summed E-state index contributed by atoms with van der Waals surface area (Å²) in [6, 6.07) is 0. The maximum Gasteiger partial charge on any atom is -0.0176 e. The Morgan fingerprint density at radius 3 is 1.36 bits per heavy atom. The molecule has 4 atom stereocenters. The Balaban J connectivity index is 2.08. The molecular formula is C11H18. The van der Waals surface area contributed by atoms with Crippen molar-refractivity contribution in [1.82, 2.24) is 0 Å². The highest BCUT2D eigenvalue weighted by Gasteiger charge is 2.91. The van der Waals surface area contributed by atoms with Crippen LogP contribution in [0.3, 0.4) is 0 Å². The molecule has 11 heavy (non-hydrogen) atoms. The maximum atomic E-state index is 2.52. The minimum absolute atomic E-state index is 0.659. The smallest absolute Gasteiger partial charge is 0.0176 e. The molecule has 3 saturated carbocycles. The van der Waals surface area contributed by atoms with E-state index in [0.29, 0.717) is 5.41 Å². The van der Waals surface area contributed by atoms with Crippen LogP contribution < -0.4 is 0 Å². The van der Waals surface area contributed by atoms with Crippen molar-refractivity contribution in [2.24, 2.45) is 28.1 Å². The minimum Gasteiger partial charge on any atom is -0.0588 e. The molecule has 0 N–H and O–H groups in total. The zero-order chi connectivity index (χ0) is 8.07. The number of hydrogen-bond donors (Lipinski definition) is 0. The van der Waals surface area contributed by atoms with Gasteiger partial charge in [-0.2, -0.15) is 0 Å². The van der Waals surface area contributed by atoms with Crippen LogP contribution in [-0.2, 0) is 0 Å². The summed E-state index contributed by atoms with van der Waals surface area (Å²) in [6.07, 6.45) is 3.06. The van der Waals surface area contributed by atoms with Crippen LogP contribution in [0.2, 0.25) is 0 Å². The predicted octanol–water partition coefficient (Wildman–Crippen LogP) is 3.08. The van der Waals surface area contributed by atoms with Crippen molar-refractivity contribution in [3.05, 3.63) is 0 Å². The van der Waals surface area contributed by atoms with E-state index in [0.717, 1.165) is 22.7 Å². The SMILES string of the molecule is CC1(C)C2(C)C3CCC3C12C. The molecule has 0 amide bonds. The van der Waals surface area contributed by atoms with E-state index in [-0.39, 0.29) is 0 Å². The fourth-order valence-corrected chi connectivity index (χ4v) is 4.90. The summed E-state index contributed by atoms with van der Waals surface area (Å²) in [5.74, 6) is 2.23. The van der Waals surface area contributed by atoms with E-state index in [2.05, 4.69) is 27.7 Å². The molecule has 3 rings (SSSR count). The monoisotopic (exact) mass is 150 g/mol. The average molecular weight is 150 g/mol. The van der Waals surface area contributed by atoms with Gasteiger partial charge < -0.3 is 0 Å². The topological polar surface area (TPSA) is 0 Å². The molecule has 0 aliphatic heterocycles. The Morgan fingerprint density at radius 2 is 1.18 bits per heavy atom. The first kappa shape index (κ1) is 6.51. The Morgan fingerprint density at radius 1 is 0.818 bits per heavy atom. The van der Waals surface area contributed by atoms with E-state index >= 15 is 0 Å². The molecule has 62 valence electrons. The molecule has 0 aromatic carbocycles. The van der Waals surface area contributed by atoms with Gasteiger partial charge in [-0.25, -0.2) is 0 Å². The quantitative estimate of drug-likeness (QED) is 0.498. The van der Waals surface area contributed by atoms with Crippen molar-refractivity contribution >= 4 is 0 Å². The average Bonchev–Trinajstić information content (AvgIpc) is 2.07. The lowest BCUT2D eigenvalue weighted by molar-refractivity contribution is -0.0815. The van der Waals surface area contributed by atoms with Crippen LogP contribution in [-0.4, -0.2) is 0 Å². The third kappa shape index (κ3) is 0.302. The number of hydrogen-bond acceptors (Lipinski definition) is 0. The summed E-state index contributed by atoms with van der Waals surface area (Å²) in [7, 11) is 0. The number of rotatable bonds is 0. The Labute approximate surface area is 69.4 Å². The molecule has 0 nitrogen and oxygen atoms in total. The van der Waals surface area contributed by atoms with Crippen LogP contribution in [0.4, 0.5) is 0 Å². The normalized spacial score (nSPS) is 68.7. The summed E-state index contributed by atoms with van der Waals surface area (Å²) >= 11 is 0. The first-order chi connectivity index (χ1) is 4.98. The standard InChI is InChI=1S/C11H18/c1-9(2)10(3)7-5-6-8(7)11(9,10)4/h7-8H,5-6H2,1-4H3. The fraction of sp³-hybridized carbons (Fsp3) is 1.00. The van der Waals surface area contributed by atoms with E-state index in [1.165, 1.54) is 12.8 Å². The molecule has 0 bridgehead atoms. The van der Waals surface area contributed by atoms with Crippen molar-refractivity contribution in [3.8, 4) is 0 Å². The second kappa shape index (κ2) is 1.20. The Hall–Kier alpha value is 0. The van der Waals surface area contributed by atoms with Gasteiger partial charge in [0.15, 0.2) is 0 Å². The fourth-order valence-electron chi connectivity index (χ4n) is 4.90. The van der Waals surface area contributed by atoms with Crippen molar-refractivity contribution < 1.29 is 0 Å². The van der Waals surface area contributed by atoms with E-state index in [1.807, 2.05) is 0 Å². The van der Waals surface area contributed by atoms with Crippen LogP contribution in [0.5, 0.6) is 0 Å². The summed E-state index contributed by atoms with van der Waals surface area (Å²) in [5, 5.41) is 0. The summed E-state index contributed by atoms with van der Waals surface area (Å²) in [5.41, 5.74) is 2.14. The summed E-state index contributed by atoms with van der Waals surface area (Å²) < 4.78 is 0. The molecule has 3 aliphatic carbocycles. The van der Waals surface area contributed by atoms with Gasteiger partial charge in [-0.1, -0.05) is 27.7 Å². The molecule has 0 saturated heterocycles. The third-order valence-electron chi connectivity index (χ3n) is 6.37. The summed E-state index contributed by atoms with van der Waals surface area (Å²) in [4.78, 5) is 0. The van der Waals surface area contributed by atoms with Gasteiger partial charge in [0, 0.05) is 0 Å². The van der Waals surface area contributed by atoms with Crippen LogP contribution >= 0.6 is 0 Å². The van der Waals surface area contributed by atoms with E-state index < -0.39 is 0 Å². The van der Waals surface area contributed by atoms with Gasteiger partial charge in [0.2, 0.25) is 0 Å². The lowest BCUT2D eigenvalue weighted by atomic mass is 9.48. The molecule has 4 unspecified atom stereocenters. The molecule has 3 fully saturated rings. The largest absolute Gasteiger partial charge is 0.0588 e. The van der Waals surface area contributed by atoms with E-state index in [1.54, 1.807) is 0 Å². The molecule has 0 spiro atoms. The molecule has 0 heteroatoms. The van der Waals surface area contributed by atoms with Crippen LogP contribution in [0, 0.1) is 28.1 Å². The van der Waals surface area contributed by atoms with Gasteiger partial charge in [0.25, 0.3) is 0 Å². The molecule has 3 aliphatic rings. The van der Waals surface area contributed by atoms with Crippen LogP contribution in [0.1, 0.15) is 40.5 Å². The molecule has 0 aromatic rings. The van der Waals surface area contributed by atoms with Crippen molar-refractivity contribution in [1.29, 1.82) is 0 Å². The maximum absolute atomic E-state index is 2.52. The number of fused-ring (bicyclic) bond motifs is 4. The second-order valence-electron chi connectivity index (χ2n) is 5.82. The minimum atomic E-state index is 0.659.